The number of carbonyl (C=O) groups is 1. The van der Waals surface area contributed by atoms with Crippen LogP contribution in [0.15, 0.2) is 6.20 Å². The molecular weight excluding hydrogens is 270 g/mol. The number of ether oxygens (including phenoxy) is 1. The van der Waals surface area contributed by atoms with E-state index >= 15 is 0 Å². The molecule has 1 aliphatic heterocycles. The van der Waals surface area contributed by atoms with E-state index in [-0.39, 0.29) is 18.1 Å². The molecule has 0 saturated carbocycles. The maximum absolute atomic E-state index is 12.2. The number of rotatable bonds is 4. The standard InChI is InChI=1S/C14H21N5O2/c1-9-13-12(18(3)16-9)8-19(17-13)10(2)14(20)15-7-11-5-4-6-21-11/h8,10-11H,4-7H2,1-3H3,(H,15,20). The molecule has 114 valence electrons. The minimum Gasteiger partial charge on any atom is -0.376 e. The summed E-state index contributed by atoms with van der Waals surface area (Å²) in [7, 11) is 1.88. The Morgan fingerprint density at radius 3 is 3.05 bits per heavy atom. The number of carbonyl (C=O) groups excluding carboxylic acids is 1. The summed E-state index contributed by atoms with van der Waals surface area (Å²) in [5.74, 6) is -0.0380. The van der Waals surface area contributed by atoms with E-state index < -0.39 is 0 Å². The van der Waals surface area contributed by atoms with Gasteiger partial charge in [0.05, 0.1) is 18.0 Å². The molecule has 2 aromatic heterocycles. The Morgan fingerprint density at radius 2 is 2.38 bits per heavy atom. The summed E-state index contributed by atoms with van der Waals surface area (Å²) in [5.41, 5.74) is 2.65. The van der Waals surface area contributed by atoms with Gasteiger partial charge in [0.2, 0.25) is 5.91 Å². The number of fused-ring (bicyclic) bond motifs is 1. The van der Waals surface area contributed by atoms with Crippen molar-refractivity contribution in [3.05, 3.63) is 11.9 Å². The van der Waals surface area contributed by atoms with Gasteiger partial charge in [-0.25, -0.2) is 0 Å². The third-order valence-electron chi connectivity index (χ3n) is 4.01. The zero-order chi connectivity index (χ0) is 15.0. The van der Waals surface area contributed by atoms with Crippen LogP contribution >= 0.6 is 0 Å². The minimum atomic E-state index is -0.349. The van der Waals surface area contributed by atoms with Crippen LogP contribution in [-0.4, -0.2) is 44.7 Å². The van der Waals surface area contributed by atoms with Crippen LogP contribution in [0.3, 0.4) is 0 Å². The highest BCUT2D eigenvalue weighted by molar-refractivity contribution is 5.81. The van der Waals surface area contributed by atoms with Gasteiger partial charge in [0.15, 0.2) is 0 Å². The Morgan fingerprint density at radius 1 is 1.57 bits per heavy atom. The molecule has 3 rings (SSSR count). The normalized spacial score (nSPS) is 20.0. The highest BCUT2D eigenvalue weighted by atomic mass is 16.5. The molecule has 1 aliphatic rings. The van der Waals surface area contributed by atoms with E-state index in [1.165, 1.54) is 0 Å². The van der Waals surface area contributed by atoms with Crippen molar-refractivity contribution in [2.75, 3.05) is 13.2 Å². The van der Waals surface area contributed by atoms with Crippen molar-refractivity contribution in [3.63, 3.8) is 0 Å². The number of nitrogens with zero attached hydrogens (tertiary/aromatic N) is 4. The lowest BCUT2D eigenvalue weighted by molar-refractivity contribution is -0.124. The smallest absolute Gasteiger partial charge is 0.244 e. The van der Waals surface area contributed by atoms with E-state index in [0.29, 0.717) is 6.54 Å². The van der Waals surface area contributed by atoms with Crippen LogP contribution in [0.1, 0.15) is 31.5 Å². The maximum Gasteiger partial charge on any atom is 0.244 e. The summed E-state index contributed by atoms with van der Waals surface area (Å²) < 4.78 is 8.99. The van der Waals surface area contributed by atoms with Crippen molar-refractivity contribution in [1.29, 1.82) is 0 Å². The predicted molar refractivity (Wildman–Crippen MR) is 77.9 cm³/mol. The molecule has 2 unspecified atom stereocenters. The molecule has 1 amide bonds. The average molecular weight is 291 g/mol. The molecule has 1 fully saturated rings. The number of aromatic nitrogens is 4. The highest BCUT2D eigenvalue weighted by Crippen LogP contribution is 2.18. The molecule has 2 aromatic rings. The van der Waals surface area contributed by atoms with Gasteiger partial charge in [-0.1, -0.05) is 0 Å². The Balaban J connectivity index is 1.68. The molecule has 0 radical (unpaired) electrons. The first-order valence-electron chi connectivity index (χ1n) is 7.34. The molecule has 1 saturated heterocycles. The Bertz CT molecular complexity index is 619. The predicted octanol–water partition coefficient (Wildman–Crippen LogP) is 0.934. The summed E-state index contributed by atoms with van der Waals surface area (Å²) in [6.07, 6.45) is 4.12. The summed E-state index contributed by atoms with van der Waals surface area (Å²) in [4.78, 5) is 12.2. The van der Waals surface area contributed by atoms with Gasteiger partial charge in [-0.3, -0.25) is 14.2 Å². The largest absolute Gasteiger partial charge is 0.376 e. The summed E-state index contributed by atoms with van der Waals surface area (Å²) >= 11 is 0. The number of amides is 1. The fourth-order valence-corrected chi connectivity index (χ4v) is 2.69. The molecule has 21 heavy (non-hydrogen) atoms. The van der Waals surface area contributed by atoms with Crippen molar-refractivity contribution < 1.29 is 9.53 Å². The highest BCUT2D eigenvalue weighted by Gasteiger charge is 2.21. The second kappa shape index (κ2) is 5.48. The number of hydrogen-bond donors (Lipinski definition) is 1. The Hall–Kier alpha value is -1.89. The second-order valence-corrected chi connectivity index (χ2v) is 5.61. The van der Waals surface area contributed by atoms with Crippen LogP contribution in [0.5, 0.6) is 0 Å². The molecule has 2 atom stereocenters. The maximum atomic E-state index is 12.2. The summed E-state index contributed by atoms with van der Waals surface area (Å²) in [6, 6.07) is -0.349. The monoisotopic (exact) mass is 291 g/mol. The van der Waals surface area contributed by atoms with Gasteiger partial charge < -0.3 is 10.1 Å². The Labute approximate surface area is 123 Å². The van der Waals surface area contributed by atoms with Gasteiger partial charge >= 0.3 is 0 Å². The van der Waals surface area contributed by atoms with Crippen LogP contribution in [-0.2, 0) is 16.6 Å². The third kappa shape index (κ3) is 2.65. The van der Waals surface area contributed by atoms with Gasteiger partial charge in [-0.05, 0) is 26.7 Å². The average Bonchev–Trinajstić information content (AvgIpc) is 3.16. The number of aryl methyl sites for hydroxylation is 2. The molecule has 7 heteroatoms. The van der Waals surface area contributed by atoms with Gasteiger partial charge in [0.25, 0.3) is 0 Å². The van der Waals surface area contributed by atoms with Gasteiger partial charge in [-0.2, -0.15) is 10.2 Å². The minimum absolute atomic E-state index is 0.0380. The van der Waals surface area contributed by atoms with E-state index in [1.807, 2.05) is 27.1 Å². The van der Waals surface area contributed by atoms with Gasteiger partial charge in [-0.15, -0.1) is 0 Å². The Kier molecular flexibility index (Phi) is 3.67. The molecule has 0 bridgehead atoms. The summed E-state index contributed by atoms with van der Waals surface area (Å²) in [6.45, 7) is 5.14. The van der Waals surface area contributed by atoms with Crippen molar-refractivity contribution in [1.82, 2.24) is 24.9 Å². The fourth-order valence-electron chi connectivity index (χ4n) is 2.69. The number of nitrogens with one attached hydrogen (secondary N) is 1. The van der Waals surface area contributed by atoms with Crippen LogP contribution in [0.4, 0.5) is 0 Å². The fraction of sp³-hybridized carbons (Fsp3) is 0.643. The first kappa shape index (κ1) is 14.1. The first-order valence-corrected chi connectivity index (χ1v) is 7.34. The van der Waals surface area contributed by atoms with E-state index in [4.69, 9.17) is 4.74 Å². The van der Waals surface area contributed by atoms with Crippen molar-refractivity contribution in [2.45, 2.75) is 38.8 Å². The van der Waals surface area contributed by atoms with Gasteiger partial charge in [0.1, 0.15) is 17.1 Å². The van der Waals surface area contributed by atoms with E-state index in [2.05, 4.69) is 15.5 Å². The topological polar surface area (TPSA) is 74.0 Å². The molecule has 0 spiro atoms. The van der Waals surface area contributed by atoms with Crippen LogP contribution in [0, 0.1) is 6.92 Å². The third-order valence-corrected chi connectivity index (χ3v) is 4.01. The van der Waals surface area contributed by atoms with E-state index in [0.717, 1.165) is 36.2 Å². The first-order chi connectivity index (χ1) is 10.1. The lowest BCUT2D eigenvalue weighted by Crippen LogP contribution is -2.36. The number of hydrogen-bond acceptors (Lipinski definition) is 4. The molecular formula is C14H21N5O2. The van der Waals surface area contributed by atoms with Gasteiger partial charge in [0, 0.05) is 20.2 Å². The van der Waals surface area contributed by atoms with Crippen molar-refractivity contribution in [3.8, 4) is 0 Å². The quantitative estimate of drug-likeness (QED) is 0.909. The van der Waals surface area contributed by atoms with Crippen LogP contribution in [0.2, 0.25) is 0 Å². The summed E-state index contributed by atoms with van der Waals surface area (Å²) in [5, 5.41) is 11.7. The molecule has 0 aliphatic carbocycles. The van der Waals surface area contributed by atoms with E-state index in [9.17, 15) is 4.79 Å². The van der Waals surface area contributed by atoms with Crippen molar-refractivity contribution >= 4 is 16.9 Å². The zero-order valence-corrected chi connectivity index (χ0v) is 12.7. The molecule has 1 N–H and O–H groups in total. The van der Waals surface area contributed by atoms with Crippen LogP contribution < -0.4 is 5.32 Å². The molecule has 7 nitrogen and oxygen atoms in total. The SMILES string of the molecule is Cc1nn(C)c2cn(C(C)C(=O)NCC3CCCO3)nc12. The van der Waals surface area contributed by atoms with Crippen LogP contribution in [0.25, 0.3) is 11.0 Å². The lowest BCUT2D eigenvalue weighted by atomic mass is 10.2. The second-order valence-electron chi connectivity index (χ2n) is 5.61. The van der Waals surface area contributed by atoms with Crippen molar-refractivity contribution in [2.24, 2.45) is 7.05 Å². The van der Waals surface area contributed by atoms with E-state index in [1.54, 1.807) is 9.36 Å². The lowest BCUT2D eigenvalue weighted by Gasteiger charge is -2.15. The zero-order valence-electron chi connectivity index (χ0n) is 12.7. The molecule has 0 aromatic carbocycles. The molecule has 3 heterocycles.